The van der Waals surface area contributed by atoms with Crippen LogP contribution in [0.15, 0.2) is 18.2 Å². The van der Waals surface area contributed by atoms with Gasteiger partial charge >= 0.3 is 6.18 Å². The molecule has 1 unspecified atom stereocenters. The molecule has 8 heteroatoms. The number of halogens is 4. The summed E-state index contributed by atoms with van der Waals surface area (Å²) in [5.41, 5.74) is -0.917. The molecule has 1 fully saturated rings. The van der Waals surface area contributed by atoms with E-state index in [2.05, 4.69) is 10.6 Å². The van der Waals surface area contributed by atoms with Crippen molar-refractivity contribution in [2.24, 2.45) is 0 Å². The largest absolute Gasteiger partial charge is 0.416 e. The molecule has 122 valence electrons. The van der Waals surface area contributed by atoms with E-state index in [1.54, 1.807) is 0 Å². The van der Waals surface area contributed by atoms with Crippen LogP contribution in [0, 0.1) is 0 Å². The van der Waals surface area contributed by atoms with Crippen molar-refractivity contribution in [1.29, 1.82) is 0 Å². The molecule has 22 heavy (non-hydrogen) atoms. The van der Waals surface area contributed by atoms with E-state index >= 15 is 0 Å². The van der Waals surface area contributed by atoms with Crippen LogP contribution in [-0.2, 0) is 15.7 Å². The topological polar surface area (TPSA) is 50.4 Å². The molecule has 2 rings (SSSR count). The van der Waals surface area contributed by atoms with E-state index in [1.165, 1.54) is 0 Å². The summed E-state index contributed by atoms with van der Waals surface area (Å²) in [7, 11) is 0. The fraction of sp³-hybridized carbons (Fsp3) is 0.500. The van der Waals surface area contributed by atoms with Gasteiger partial charge in [-0.25, -0.2) is 0 Å². The normalized spacial score (nSPS) is 18.5. The third kappa shape index (κ3) is 4.86. The van der Waals surface area contributed by atoms with Crippen LogP contribution in [0.3, 0.4) is 0 Å². The summed E-state index contributed by atoms with van der Waals surface area (Å²) in [6.07, 6.45) is -2.46. The Morgan fingerprint density at radius 1 is 1.41 bits per heavy atom. The van der Waals surface area contributed by atoms with Crippen molar-refractivity contribution in [3.05, 3.63) is 28.8 Å². The Morgan fingerprint density at radius 2 is 2.18 bits per heavy atom. The highest BCUT2D eigenvalue weighted by Crippen LogP contribution is 2.33. The lowest BCUT2D eigenvalue weighted by molar-refractivity contribution is -0.137. The summed E-state index contributed by atoms with van der Waals surface area (Å²) in [4.78, 5) is 11.7. The smallest absolute Gasteiger partial charge is 0.377 e. The Kier molecular flexibility index (Phi) is 5.66. The second kappa shape index (κ2) is 7.30. The predicted octanol–water partition coefficient (Wildman–Crippen LogP) is 3.07. The number of carbonyl (C=O) groups excluding carboxylic acids is 1. The van der Waals surface area contributed by atoms with Crippen molar-refractivity contribution in [1.82, 2.24) is 5.32 Å². The molecule has 0 aliphatic carbocycles. The molecule has 0 aromatic heterocycles. The number of hydrogen-bond acceptors (Lipinski definition) is 3. The molecule has 0 radical (unpaired) electrons. The standard InChI is InChI=1S/C14H16ClF3N2O2/c15-11-4-3-9(14(16,17)18)6-12(11)20-13(21)8-19-7-10-2-1-5-22-10/h3-4,6,10,19H,1-2,5,7-8H2,(H,20,21). The molecule has 1 aliphatic heterocycles. The number of benzene rings is 1. The first-order valence-corrected chi connectivity index (χ1v) is 7.23. The van der Waals surface area contributed by atoms with Gasteiger partial charge in [0.25, 0.3) is 0 Å². The van der Waals surface area contributed by atoms with Gasteiger partial charge in [-0.1, -0.05) is 11.6 Å². The van der Waals surface area contributed by atoms with E-state index in [4.69, 9.17) is 16.3 Å². The van der Waals surface area contributed by atoms with Gasteiger partial charge in [-0.3, -0.25) is 4.79 Å². The number of anilines is 1. The monoisotopic (exact) mass is 336 g/mol. The molecule has 1 saturated heterocycles. The summed E-state index contributed by atoms with van der Waals surface area (Å²) < 4.78 is 43.3. The number of ether oxygens (including phenoxy) is 1. The SMILES string of the molecule is O=C(CNCC1CCCO1)Nc1cc(C(F)(F)F)ccc1Cl. The van der Waals surface area contributed by atoms with Gasteiger partial charge in [0.05, 0.1) is 28.9 Å². The number of carbonyl (C=O) groups is 1. The Labute approximate surface area is 131 Å². The molecular weight excluding hydrogens is 321 g/mol. The Balaban J connectivity index is 1.87. The number of amides is 1. The van der Waals surface area contributed by atoms with Gasteiger partial charge < -0.3 is 15.4 Å². The van der Waals surface area contributed by atoms with Crippen LogP contribution >= 0.6 is 11.6 Å². The van der Waals surface area contributed by atoms with Gasteiger partial charge in [-0.05, 0) is 31.0 Å². The zero-order valence-electron chi connectivity index (χ0n) is 11.7. The minimum absolute atomic E-state index is 0.0214. The van der Waals surface area contributed by atoms with E-state index in [0.717, 1.165) is 37.6 Å². The fourth-order valence-corrected chi connectivity index (χ4v) is 2.31. The number of rotatable bonds is 5. The molecule has 0 spiro atoms. The first kappa shape index (κ1) is 17.1. The van der Waals surface area contributed by atoms with Crippen LogP contribution in [0.4, 0.5) is 18.9 Å². The van der Waals surface area contributed by atoms with Crippen LogP contribution in [-0.4, -0.2) is 31.7 Å². The molecule has 1 amide bonds. The van der Waals surface area contributed by atoms with Crippen molar-refractivity contribution in [3.63, 3.8) is 0 Å². The second-order valence-electron chi connectivity index (χ2n) is 5.01. The van der Waals surface area contributed by atoms with Crippen LogP contribution in [0.5, 0.6) is 0 Å². The molecule has 1 atom stereocenters. The van der Waals surface area contributed by atoms with E-state index < -0.39 is 17.6 Å². The van der Waals surface area contributed by atoms with Gasteiger partial charge in [0, 0.05) is 13.2 Å². The molecule has 2 N–H and O–H groups in total. The lowest BCUT2D eigenvalue weighted by Gasteiger charge is -2.13. The maximum absolute atomic E-state index is 12.6. The van der Waals surface area contributed by atoms with Crippen molar-refractivity contribution in [3.8, 4) is 0 Å². The molecule has 1 aliphatic rings. The predicted molar refractivity (Wildman–Crippen MR) is 76.9 cm³/mol. The first-order chi connectivity index (χ1) is 10.4. The van der Waals surface area contributed by atoms with E-state index in [1.807, 2.05) is 0 Å². The number of hydrogen-bond donors (Lipinski definition) is 2. The summed E-state index contributed by atoms with van der Waals surface area (Å²) in [5.74, 6) is -0.459. The highest BCUT2D eigenvalue weighted by atomic mass is 35.5. The Bertz CT molecular complexity index is 531. The van der Waals surface area contributed by atoms with Crippen molar-refractivity contribution >= 4 is 23.2 Å². The quantitative estimate of drug-likeness (QED) is 0.869. The molecule has 4 nitrogen and oxygen atoms in total. The van der Waals surface area contributed by atoms with Gasteiger partial charge in [0.1, 0.15) is 0 Å². The lowest BCUT2D eigenvalue weighted by atomic mass is 10.2. The van der Waals surface area contributed by atoms with Crippen molar-refractivity contribution < 1.29 is 22.7 Å². The van der Waals surface area contributed by atoms with E-state index in [9.17, 15) is 18.0 Å². The Morgan fingerprint density at radius 3 is 2.82 bits per heavy atom. The minimum atomic E-state index is -4.48. The third-order valence-corrected chi connectivity index (χ3v) is 3.58. The molecule has 0 bridgehead atoms. The highest BCUT2D eigenvalue weighted by Gasteiger charge is 2.31. The first-order valence-electron chi connectivity index (χ1n) is 6.85. The molecular formula is C14H16ClF3N2O2. The second-order valence-corrected chi connectivity index (χ2v) is 5.41. The minimum Gasteiger partial charge on any atom is -0.377 e. The van der Waals surface area contributed by atoms with E-state index in [-0.39, 0.29) is 23.4 Å². The third-order valence-electron chi connectivity index (χ3n) is 3.25. The molecule has 1 aromatic carbocycles. The summed E-state index contributed by atoms with van der Waals surface area (Å²) >= 11 is 5.81. The zero-order chi connectivity index (χ0) is 16.2. The summed E-state index contributed by atoms with van der Waals surface area (Å²) in [5, 5.41) is 5.34. The van der Waals surface area contributed by atoms with Gasteiger partial charge in [-0.2, -0.15) is 13.2 Å². The summed E-state index contributed by atoms with van der Waals surface area (Å²) in [6, 6.07) is 2.80. The van der Waals surface area contributed by atoms with Crippen LogP contribution in [0.2, 0.25) is 5.02 Å². The average Bonchev–Trinajstić information content (AvgIpc) is 2.93. The molecule has 0 saturated carbocycles. The maximum atomic E-state index is 12.6. The van der Waals surface area contributed by atoms with E-state index in [0.29, 0.717) is 6.54 Å². The van der Waals surface area contributed by atoms with Crippen LogP contribution in [0.25, 0.3) is 0 Å². The van der Waals surface area contributed by atoms with Gasteiger partial charge in [-0.15, -0.1) is 0 Å². The highest BCUT2D eigenvalue weighted by molar-refractivity contribution is 6.33. The van der Waals surface area contributed by atoms with Crippen molar-refractivity contribution in [2.45, 2.75) is 25.1 Å². The van der Waals surface area contributed by atoms with Crippen LogP contribution in [0.1, 0.15) is 18.4 Å². The lowest BCUT2D eigenvalue weighted by Crippen LogP contribution is -2.33. The van der Waals surface area contributed by atoms with Crippen molar-refractivity contribution in [2.75, 3.05) is 25.0 Å². The van der Waals surface area contributed by atoms with Gasteiger partial charge in [0.15, 0.2) is 0 Å². The fourth-order valence-electron chi connectivity index (χ4n) is 2.14. The summed E-state index contributed by atoms with van der Waals surface area (Å²) in [6.45, 7) is 1.23. The number of nitrogens with one attached hydrogen (secondary N) is 2. The molecule has 1 heterocycles. The molecule has 1 aromatic rings. The van der Waals surface area contributed by atoms with Gasteiger partial charge in [0.2, 0.25) is 5.91 Å². The number of alkyl halides is 3. The zero-order valence-corrected chi connectivity index (χ0v) is 12.4. The van der Waals surface area contributed by atoms with Crippen LogP contribution < -0.4 is 10.6 Å². The Hall–Kier alpha value is -1.31. The average molecular weight is 337 g/mol. The maximum Gasteiger partial charge on any atom is 0.416 e.